The van der Waals surface area contributed by atoms with Crippen LogP contribution in [0.25, 0.3) is 0 Å². The van der Waals surface area contributed by atoms with Crippen LogP contribution in [0.15, 0.2) is 53.4 Å². The van der Waals surface area contributed by atoms with Gasteiger partial charge in [-0.1, -0.05) is 36.8 Å². The van der Waals surface area contributed by atoms with Crippen LogP contribution in [-0.4, -0.2) is 43.7 Å². The van der Waals surface area contributed by atoms with Crippen molar-refractivity contribution in [3.05, 3.63) is 65.2 Å². The Balaban J connectivity index is 1.58. The molecule has 1 aliphatic heterocycles. The van der Waals surface area contributed by atoms with Gasteiger partial charge in [0, 0.05) is 33.1 Å². The van der Waals surface area contributed by atoms with Gasteiger partial charge < -0.3 is 4.90 Å². The highest BCUT2D eigenvalue weighted by atomic mass is 32.2. The van der Waals surface area contributed by atoms with Crippen molar-refractivity contribution < 1.29 is 26.4 Å². The van der Waals surface area contributed by atoms with Crippen molar-refractivity contribution in [3.8, 4) is 0 Å². The van der Waals surface area contributed by atoms with Crippen molar-refractivity contribution in [1.82, 2.24) is 9.21 Å². The van der Waals surface area contributed by atoms with E-state index >= 15 is 0 Å². The first kappa shape index (κ1) is 24.3. The zero-order chi connectivity index (χ0) is 23.4. The van der Waals surface area contributed by atoms with Gasteiger partial charge >= 0.3 is 6.18 Å². The van der Waals surface area contributed by atoms with Crippen LogP contribution in [0.3, 0.4) is 0 Å². The van der Waals surface area contributed by atoms with E-state index in [1.54, 1.807) is 24.3 Å². The lowest BCUT2D eigenvalue weighted by Crippen LogP contribution is -2.35. The predicted octanol–water partition coefficient (Wildman–Crippen LogP) is 4.47. The van der Waals surface area contributed by atoms with Crippen molar-refractivity contribution in [2.24, 2.45) is 0 Å². The third-order valence-electron chi connectivity index (χ3n) is 5.66. The molecule has 2 aromatic carbocycles. The summed E-state index contributed by atoms with van der Waals surface area (Å²) in [5, 5.41) is 0. The Morgan fingerprint density at radius 3 is 2.25 bits per heavy atom. The highest BCUT2D eigenvalue weighted by molar-refractivity contribution is 7.89. The van der Waals surface area contributed by atoms with Crippen molar-refractivity contribution in [2.75, 3.05) is 20.1 Å². The fraction of sp³-hybridized carbons (Fsp3) is 0.435. The molecule has 1 fully saturated rings. The molecule has 3 rings (SSSR count). The molecule has 0 atom stereocenters. The van der Waals surface area contributed by atoms with Crippen LogP contribution in [-0.2, 0) is 34.0 Å². The van der Waals surface area contributed by atoms with Crippen LogP contribution in [0.4, 0.5) is 13.2 Å². The molecule has 5 nitrogen and oxygen atoms in total. The number of rotatable bonds is 7. The average Bonchev–Trinajstić information content (AvgIpc) is 2.78. The molecular weight excluding hydrogens is 441 g/mol. The molecule has 9 heteroatoms. The highest BCUT2D eigenvalue weighted by Crippen LogP contribution is 2.32. The van der Waals surface area contributed by atoms with E-state index in [9.17, 15) is 26.4 Å². The number of alkyl halides is 3. The number of amides is 1. The van der Waals surface area contributed by atoms with Gasteiger partial charge in [0.05, 0.1) is 10.5 Å². The molecule has 0 aliphatic carbocycles. The first-order valence-corrected chi connectivity index (χ1v) is 12.0. The summed E-state index contributed by atoms with van der Waals surface area (Å²) in [5.74, 6) is -0.285. The van der Waals surface area contributed by atoms with E-state index in [-0.39, 0.29) is 29.3 Å². The minimum absolute atomic E-state index is 0.0446. The Morgan fingerprint density at radius 1 is 1.00 bits per heavy atom. The van der Waals surface area contributed by atoms with Crippen LogP contribution in [0.2, 0.25) is 0 Å². The van der Waals surface area contributed by atoms with Gasteiger partial charge in [-0.15, -0.1) is 0 Å². The van der Waals surface area contributed by atoms with E-state index in [0.29, 0.717) is 19.5 Å². The fourth-order valence-corrected chi connectivity index (χ4v) is 5.32. The third kappa shape index (κ3) is 5.89. The predicted molar refractivity (Wildman–Crippen MR) is 115 cm³/mol. The molecule has 0 unspecified atom stereocenters. The minimum atomic E-state index is -4.48. The lowest BCUT2D eigenvalue weighted by atomic mass is 10.1. The Hall–Kier alpha value is -2.39. The molecule has 0 spiro atoms. The largest absolute Gasteiger partial charge is 0.416 e. The number of halogens is 3. The normalized spacial score (nSPS) is 15.5. The topological polar surface area (TPSA) is 57.7 Å². The molecule has 32 heavy (non-hydrogen) atoms. The lowest BCUT2D eigenvalue weighted by molar-refractivity contribution is -0.139. The number of piperidine rings is 1. The number of nitrogens with zero attached hydrogens (tertiary/aromatic N) is 2. The molecule has 1 saturated heterocycles. The van der Waals surface area contributed by atoms with Gasteiger partial charge in [-0.05, 0) is 48.6 Å². The maximum absolute atomic E-state index is 13.2. The Kier molecular flexibility index (Phi) is 7.61. The van der Waals surface area contributed by atoms with E-state index in [0.717, 1.165) is 30.9 Å². The van der Waals surface area contributed by atoms with Crippen LogP contribution in [0.5, 0.6) is 0 Å². The van der Waals surface area contributed by atoms with Gasteiger partial charge in [0.1, 0.15) is 0 Å². The molecule has 0 bridgehead atoms. The Labute approximate surface area is 186 Å². The molecule has 1 heterocycles. The molecular formula is C23H27F3N2O3S. The van der Waals surface area contributed by atoms with Crippen molar-refractivity contribution in [1.29, 1.82) is 0 Å². The number of carbonyl (C=O) groups excluding carboxylic acids is 1. The SMILES string of the molecule is CN(Cc1ccccc1C(F)(F)F)C(=O)CCc1ccc(S(=O)(=O)N2CCCCC2)cc1. The first-order chi connectivity index (χ1) is 15.1. The zero-order valence-corrected chi connectivity index (χ0v) is 18.8. The summed E-state index contributed by atoms with van der Waals surface area (Å²) in [4.78, 5) is 14.0. The average molecular weight is 469 g/mol. The summed E-state index contributed by atoms with van der Waals surface area (Å²) in [6.07, 6.45) is -1.23. The Bertz CT molecular complexity index is 1030. The van der Waals surface area contributed by atoms with E-state index in [2.05, 4.69) is 0 Å². The van der Waals surface area contributed by atoms with Gasteiger partial charge in [-0.25, -0.2) is 8.42 Å². The summed E-state index contributed by atoms with van der Waals surface area (Å²) in [5.41, 5.74) is 0.0910. The van der Waals surface area contributed by atoms with E-state index in [4.69, 9.17) is 0 Å². The van der Waals surface area contributed by atoms with E-state index < -0.39 is 21.8 Å². The Morgan fingerprint density at radius 2 is 1.62 bits per heavy atom. The van der Waals surface area contributed by atoms with E-state index in [1.807, 2.05) is 0 Å². The molecule has 0 radical (unpaired) electrons. The summed E-state index contributed by atoms with van der Waals surface area (Å²) in [6.45, 7) is 0.923. The fourth-order valence-electron chi connectivity index (χ4n) is 3.80. The van der Waals surface area contributed by atoms with E-state index in [1.165, 1.54) is 34.5 Å². The van der Waals surface area contributed by atoms with Gasteiger partial charge in [-0.2, -0.15) is 17.5 Å². The molecule has 174 valence electrons. The maximum atomic E-state index is 13.2. The van der Waals surface area contributed by atoms with Gasteiger partial charge in [0.15, 0.2) is 0 Å². The monoisotopic (exact) mass is 468 g/mol. The van der Waals surface area contributed by atoms with Crippen LogP contribution in [0, 0.1) is 0 Å². The molecule has 0 saturated carbocycles. The molecule has 0 aromatic heterocycles. The zero-order valence-electron chi connectivity index (χ0n) is 17.9. The van der Waals surface area contributed by atoms with Crippen molar-refractivity contribution in [2.45, 2.75) is 49.7 Å². The number of sulfonamides is 1. The molecule has 2 aromatic rings. The number of aryl methyl sites for hydroxylation is 1. The first-order valence-electron chi connectivity index (χ1n) is 10.6. The summed E-state index contributed by atoms with van der Waals surface area (Å²) in [6, 6.07) is 11.7. The number of carbonyl (C=O) groups is 1. The smallest absolute Gasteiger partial charge is 0.341 e. The second kappa shape index (κ2) is 10.0. The van der Waals surface area contributed by atoms with Gasteiger partial charge in [-0.3, -0.25) is 4.79 Å². The summed E-state index contributed by atoms with van der Waals surface area (Å²) in [7, 11) is -2.03. The van der Waals surface area contributed by atoms with Crippen molar-refractivity contribution in [3.63, 3.8) is 0 Å². The lowest BCUT2D eigenvalue weighted by Gasteiger charge is -2.25. The van der Waals surface area contributed by atoms with Gasteiger partial charge in [0.25, 0.3) is 0 Å². The number of hydrogen-bond donors (Lipinski definition) is 0. The number of hydrogen-bond acceptors (Lipinski definition) is 3. The number of benzene rings is 2. The van der Waals surface area contributed by atoms with Crippen molar-refractivity contribution >= 4 is 15.9 Å². The summed E-state index contributed by atoms with van der Waals surface area (Å²) >= 11 is 0. The second-order valence-electron chi connectivity index (χ2n) is 8.01. The third-order valence-corrected chi connectivity index (χ3v) is 7.57. The van der Waals surface area contributed by atoms with Gasteiger partial charge in [0.2, 0.25) is 15.9 Å². The molecule has 1 aliphatic rings. The van der Waals surface area contributed by atoms with Crippen LogP contribution >= 0.6 is 0 Å². The maximum Gasteiger partial charge on any atom is 0.416 e. The van der Waals surface area contributed by atoms with Crippen LogP contribution in [0.1, 0.15) is 42.4 Å². The quantitative estimate of drug-likeness (QED) is 0.603. The standard InChI is InChI=1S/C23H27F3N2O3S/c1-27(17-19-7-3-4-8-21(19)23(24,25)26)22(29)14-11-18-9-12-20(13-10-18)32(30,31)28-15-5-2-6-16-28/h3-4,7-10,12-13H,2,5-6,11,14-17H2,1H3. The highest BCUT2D eigenvalue weighted by Gasteiger charge is 2.33. The molecule has 0 N–H and O–H groups in total. The summed E-state index contributed by atoms with van der Waals surface area (Å²) < 4.78 is 66.4. The minimum Gasteiger partial charge on any atom is -0.341 e. The van der Waals surface area contributed by atoms with Crippen LogP contribution < -0.4 is 0 Å². The second-order valence-corrected chi connectivity index (χ2v) is 9.95. The molecule has 1 amide bonds.